The third kappa shape index (κ3) is 5.83. The van der Waals surface area contributed by atoms with Gasteiger partial charge in [0.2, 0.25) is 0 Å². The second kappa shape index (κ2) is 9.14. The molecule has 2 rings (SSSR count). The van der Waals surface area contributed by atoms with E-state index >= 15 is 0 Å². The largest absolute Gasteiger partial charge is 0.479 e. The van der Waals surface area contributed by atoms with E-state index in [9.17, 15) is 29.6 Å². The summed E-state index contributed by atoms with van der Waals surface area (Å²) in [6.07, 6.45) is 0.0982. The van der Waals surface area contributed by atoms with Crippen LogP contribution >= 0.6 is 11.3 Å². The van der Waals surface area contributed by atoms with Crippen LogP contribution in [0, 0.1) is 15.5 Å². The van der Waals surface area contributed by atoms with Crippen LogP contribution < -0.4 is 10.6 Å². The zero-order chi connectivity index (χ0) is 25.2. The second-order valence-corrected chi connectivity index (χ2v) is 10.2. The van der Waals surface area contributed by atoms with Gasteiger partial charge in [-0.2, -0.15) is 0 Å². The van der Waals surface area contributed by atoms with Crippen LogP contribution in [-0.4, -0.2) is 38.6 Å². The summed E-state index contributed by atoms with van der Waals surface area (Å²) in [5.41, 5.74) is -3.62. The maximum absolute atomic E-state index is 12.7. The molecule has 1 atom stereocenters. The summed E-state index contributed by atoms with van der Waals surface area (Å²) in [5, 5.41) is 25.8. The molecular formula is C21H26N4O7S. The van der Waals surface area contributed by atoms with Gasteiger partial charge in [-0.25, -0.2) is 14.6 Å². The molecule has 0 fully saturated rings. The lowest BCUT2D eigenvalue weighted by Crippen LogP contribution is -2.60. The van der Waals surface area contributed by atoms with Crippen molar-refractivity contribution in [1.82, 2.24) is 10.3 Å². The van der Waals surface area contributed by atoms with E-state index in [2.05, 4.69) is 15.6 Å². The molecule has 0 aliphatic heterocycles. The third-order valence-electron chi connectivity index (χ3n) is 4.59. The predicted octanol–water partition coefficient (Wildman–Crippen LogP) is 4.15. The van der Waals surface area contributed by atoms with Crippen LogP contribution in [0.5, 0.6) is 0 Å². The van der Waals surface area contributed by atoms with Crippen molar-refractivity contribution in [1.29, 1.82) is 0 Å². The number of nitrogens with zero attached hydrogens (tertiary/aromatic N) is 2. The van der Waals surface area contributed by atoms with Crippen molar-refractivity contribution in [2.24, 2.45) is 5.41 Å². The lowest BCUT2D eigenvalue weighted by atomic mass is 9.69. The first-order chi connectivity index (χ1) is 15.1. The second-order valence-electron chi connectivity index (χ2n) is 9.23. The molecule has 0 saturated heterocycles. The van der Waals surface area contributed by atoms with E-state index in [1.54, 1.807) is 41.5 Å². The molecular weight excluding hydrogens is 452 g/mol. The van der Waals surface area contributed by atoms with E-state index in [1.165, 1.54) is 24.3 Å². The first-order valence-corrected chi connectivity index (χ1v) is 10.6. The van der Waals surface area contributed by atoms with Gasteiger partial charge in [-0.1, -0.05) is 32.9 Å². The summed E-state index contributed by atoms with van der Waals surface area (Å²) >= 11 is 0.687. The number of nitrogens with one attached hydrogen (secondary N) is 2. The highest BCUT2D eigenvalue weighted by atomic mass is 32.1. The monoisotopic (exact) mass is 478 g/mol. The minimum Gasteiger partial charge on any atom is -0.479 e. The fourth-order valence-corrected chi connectivity index (χ4v) is 3.75. The molecule has 2 aromatic rings. The highest BCUT2D eigenvalue weighted by molar-refractivity contribution is 7.18. The van der Waals surface area contributed by atoms with E-state index in [0.717, 1.165) is 6.20 Å². The number of hydrogen-bond donors (Lipinski definition) is 3. The van der Waals surface area contributed by atoms with Gasteiger partial charge in [0.05, 0.1) is 4.92 Å². The molecule has 0 aliphatic rings. The minimum atomic E-state index is -1.94. The number of carboxylic acids is 1. The fraction of sp³-hybridized carbons (Fsp3) is 0.429. The Bertz CT molecular complexity index is 1080. The first kappa shape index (κ1) is 25.7. The molecule has 0 spiro atoms. The summed E-state index contributed by atoms with van der Waals surface area (Å²) in [6, 6.07) is 5.76. The average molecular weight is 479 g/mol. The lowest BCUT2D eigenvalue weighted by molar-refractivity contribution is -0.380. The van der Waals surface area contributed by atoms with Gasteiger partial charge < -0.3 is 15.2 Å². The Kier molecular flexibility index (Phi) is 7.12. The Labute approximate surface area is 194 Å². The summed E-state index contributed by atoms with van der Waals surface area (Å²) in [4.78, 5) is 51.9. The van der Waals surface area contributed by atoms with E-state index in [1.807, 2.05) is 0 Å². The zero-order valence-corrected chi connectivity index (χ0v) is 19.9. The summed E-state index contributed by atoms with van der Waals surface area (Å²) < 4.78 is 5.28. The third-order valence-corrected chi connectivity index (χ3v) is 5.45. The molecule has 1 heterocycles. The Hall–Kier alpha value is -3.54. The Morgan fingerprint density at radius 3 is 2.27 bits per heavy atom. The van der Waals surface area contributed by atoms with Crippen molar-refractivity contribution in [3.63, 3.8) is 0 Å². The Balaban J connectivity index is 2.47. The topological polar surface area (TPSA) is 161 Å². The van der Waals surface area contributed by atoms with Gasteiger partial charge in [-0.3, -0.25) is 20.2 Å². The number of rotatable bonds is 6. The number of thiazole rings is 1. The van der Waals surface area contributed by atoms with Crippen LogP contribution in [0.3, 0.4) is 0 Å². The van der Waals surface area contributed by atoms with Gasteiger partial charge in [-0.15, -0.1) is 0 Å². The van der Waals surface area contributed by atoms with Crippen molar-refractivity contribution < 1.29 is 29.2 Å². The smallest absolute Gasteiger partial charge is 0.408 e. The maximum atomic E-state index is 12.7. The number of amides is 2. The molecule has 2 amide bonds. The number of aliphatic carboxylic acids is 1. The SMILES string of the molecule is CC(C)(C)OC(=O)N[C@](C(=O)O)(c1cccc(C(=O)Nc2ncc([N+](=O)[O-])s2)c1)C(C)(C)C. The molecule has 12 heteroatoms. The molecule has 11 nitrogen and oxygen atoms in total. The molecule has 33 heavy (non-hydrogen) atoms. The molecule has 0 aliphatic carbocycles. The number of carboxylic acid groups (broad SMARTS) is 1. The molecule has 0 unspecified atom stereocenters. The maximum Gasteiger partial charge on any atom is 0.408 e. The van der Waals surface area contributed by atoms with E-state index in [-0.39, 0.29) is 21.3 Å². The number of nitro groups is 1. The van der Waals surface area contributed by atoms with Crippen LogP contribution in [0.1, 0.15) is 57.5 Å². The van der Waals surface area contributed by atoms with Gasteiger partial charge in [0.25, 0.3) is 5.91 Å². The van der Waals surface area contributed by atoms with Gasteiger partial charge in [0.1, 0.15) is 11.8 Å². The number of ether oxygens (including phenoxy) is 1. The van der Waals surface area contributed by atoms with Gasteiger partial charge in [0.15, 0.2) is 10.7 Å². The minimum absolute atomic E-state index is 0.0179. The van der Waals surface area contributed by atoms with Crippen LogP contribution in [0.15, 0.2) is 30.5 Å². The molecule has 0 bridgehead atoms. The Morgan fingerprint density at radius 2 is 1.79 bits per heavy atom. The molecule has 178 valence electrons. The number of hydrogen-bond acceptors (Lipinski definition) is 8. The normalized spacial score (nSPS) is 13.5. The first-order valence-electron chi connectivity index (χ1n) is 9.83. The highest BCUT2D eigenvalue weighted by Gasteiger charge is 2.52. The fourth-order valence-electron chi connectivity index (χ4n) is 3.12. The molecule has 1 aromatic heterocycles. The quantitative estimate of drug-likeness (QED) is 0.412. The van der Waals surface area contributed by atoms with Crippen LogP contribution in [-0.2, 0) is 15.1 Å². The predicted molar refractivity (Wildman–Crippen MR) is 121 cm³/mol. The van der Waals surface area contributed by atoms with Crippen LogP contribution in [0.2, 0.25) is 0 Å². The number of carbonyl (C=O) groups is 3. The number of anilines is 1. The van der Waals surface area contributed by atoms with E-state index < -0.39 is 39.4 Å². The summed E-state index contributed by atoms with van der Waals surface area (Å²) in [7, 11) is 0. The number of alkyl carbamates (subject to hydrolysis) is 1. The van der Waals surface area contributed by atoms with Gasteiger partial charge in [0, 0.05) is 11.0 Å². The standard InChI is InChI=1S/C21H26N4O7S/c1-19(2,3)21(16(27)28,24-18(29)32-20(4,5)6)13-9-7-8-12(10-13)15(26)23-17-22-11-14(33-17)25(30)31/h7-11H,1-6H3,(H,24,29)(H,27,28)(H,22,23,26)/t21-/m0/s1. The number of carbonyl (C=O) groups excluding carboxylic acids is 2. The van der Waals surface area contributed by atoms with Crippen molar-refractivity contribution in [3.8, 4) is 0 Å². The Morgan fingerprint density at radius 1 is 1.15 bits per heavy atom. The van der Waals surface area contributed by atoms with Crippen LogP contribution in [0.25, 0.3) is 0 Å². The summed E-state index contributed by atoms with van der Waals surface area (Å²) in [5.74, 6) is -1.99. The zero-order valence-electron chi connectivity index (χ0n) is 19.1. The molecule has 1 aromatic carbocycles. The van der Waals surface area contributed by atoms with Crippen LogP contribution in [0.4, 0.5) is 14.9 Å². The van der Waals surface area contributed by atoms with E-state index in [0.29, 0.717) is 11.3 Å². The number of aromatic nitrogens is 1. The molecule has 0 radical (unpaired) electrons. The molecule has 0 saturated carbocycles. The molecule has 3 N–H and O–H groups in total. The van der Waals surface area contributed by atoms with Crippen molar-refractivity contribution in [2.45, 2.75) is 52.7 Å². The number of benzene rings is 1. The highest BCUT2D eigenvalue weighted by Crippen LogP contribution is 2.40. The average Bonchev–Trinajstić information content (AvgIpc) is 3.12. The summed E-state index contributed by atoms with van der Waals surface area (Å²) in [6.45, 7) is 9.87. The van der Waals surface area contributed by atoms with Gasteiger partial charge in [-0.05, 0) is 49.8 Å². The van der Waals surface area contributed by atoms with Crippen molar-refractivity contribution in [3.05, 3.63) is 51.7 Å². The van der Waals surface area contributed by atoms with Gasteiger partial charge >= 0.3 is 17.1 Å². The van der Waals surface area contributed by atoms with Crippen molar-refractivity contribution in [2.75, 3.05) is 5.32 Å². The lowest BCUT2D eigenvalue weighted by Gasteiger charge is -2.42. The van der Waals surface area contributed by atoms with E-state index in [4.69, 9.17) is 4.74 Å². The van der Waals surface area contributed by atoms with Crippen molar-refractivity contribution >= 4 is 39.4 Å².